The van der Waals surface area contributed by atoms with Crippen LogP contribution in [0.3, 0.4) is 0 Å². The highest BCUT2D eigenvalue weighted by Crippen LogP contribution is 2.41. The molecular formula is C10H9F6NO. The van der Waals surface area contributed by atoms with Gasteiger partial charge in [-0.25, -0.2) is 0 Å². The van der Waals surface area contributed by atoms with Gasteiger partial charge in [0.1, 0.15) is 5.75 Å². The fourth-order valence-electron chi connectivity index (χ4n) is 1.45. The van der Waals surface area contributed by atoms with Crippen LogP contribution in [0.4, 0.5) is 26.3 Å². The van der Waals surface area contributed by atoms with Gasteiger partial charge in [-0.15, -0.1) is 0 Å². The van der Waals surface area contributed by atoms with Gasteiger partial charge < -0.3 is 10.5 Å². The zero-order valence-electron chi connectivity index (χ0n) is 9.12. The summed E-state index contributed by atoms with van der Waals surface area (Å²) in [7, 11) is 0.868. The van der Waals surface area contributed by atoms with E-state index in [-0.39, 0.29) is 0 Å². The fraction of sp³-hybridized carbons (Fsp3) is 0.400. The molecule has 1 rings (SSSR count). The number of nitrogens with two attached hydrogens (primary N) is 1. The van der Waals surface area contributed by atoms with Crippen molar-refractivity contribution < 1.29 is 31.1 Å². The smallest absolute Gasteiger partial charge is 0.419 e. The van der Waals surface area contributed by atoms with Crippen LogP contribution in [-0.4, -0.2) is 7.11 Å². The minimum absolute atomic E-state index is 0.311. The summed E-state index contributed by atoms with van der Waals surface area (Å²) in [4.78, 5) is 0. The third-order valence-corrected chi connectivity index (χ3v) is 2.26. The number of alkyl halides is 6. The first-order chi connectivity index (χ1) is 8.11. The van der Waals surface area contributed by atoms with Gasteiger partial charge in [0.05, 0.1) is 18.2 Å². The van der Waals surface area contributed by atoms with Crippen molar-refractivity contribution in [3.63, 3.8) is 0 Å². The maximum atomic E-state index is 12.6. The van der Waals surface area contributed by atoms with Crippen LogP contribution in [0.25, 0.3) is 0 Å². The monoisotopic (exact) mass is 273 g/mol. The molecule has 1 aromatic carbocycles. The molecule has 0 unspecified atom stereocenters. The van der Waals surface area contributed by atoms with E-state index >= 15 is 0 Å². The van der Waals surface area contributed by atoms with E-state index in [9.17, 15) is 26.3 Å². The average molecular weight is 273 g/mol. The Bertz CT molecular complexity index is 395. The molecule has 0 saturated heterocycles. The molecule has 0 atom stereocenters. The molecule has 0 aliphatic heterocycles. The SMILES string of the molecule is COc1cc(C(F)(F)F)c(CN)cc1C(F)(F)F. The summed E-state index contributed by atoms with van der Waals surface area (Å²) in [6, 6.07) is 0.673. The van der Waals surface area contributed by atoms with E-state index < -0.39 is 41.3 Å². The lowest BCUT2D eigenvalue weighted by molar-refractivity contribution is -0.142. The minimum atomic E-state index is -4.81. The Hall–Kier alpha value is -1.44. The zero-order chi connectivity index (χ0) is 14.1. The van der Waals surface area contributed by atoms with E-state index in [1.165, 1.54) is 0 Å². The van der Waals surface area contributed by atoms with Crippen molar-refractivity contribution in [3.8, 4) is 5.75 Å². The molecule has 0 aliphatic carbocycles. The van der Waals surface area contributed by atoms with Gasteiger partial charge in [-0.05, 0) is 17.7 Å². The fourth-order valence-corrected chi connectivity index (χ4v) is 1.45. The topological polar surface area (TPSA) is 35.2 Å². The molecule has 0 fully saturated rings. The molecule has 0 radical (unpaired) electrons. The van der Waals surface area contributed by atoms with Crippen LogP contribution in [-0.2, 0) is 18.9 Å². The van der Waals surface area contributed by atoms with Crippen LogP contribution in [0.15, 0.2) is 12.1 Å². The number of ether oxygens (including phenoxy) is 1. The first-order valence-electron chi connectivity index (χ1n) is 4.66. The van der Waals surface area contributed by atoms with E-state index in [1.807, 2.05) is 0 Å². The number of rotatable bonds is 2. The highest BCUT2D eigenvalue weighted by Gasteiger charge is 2.39. The lowest BCUT2D eigenvalue weighted by atomic mass is 10.0. The van der Waals surface area contributed by atoms with E-state index in [4.69, 9.17) is 5.73 Å². The van der Waals surface area contributed by atoms with E-state index in [1.54, 1.807) is 0 Å². The maximum Gasteiger partial charge on any atom is 0.419 e. The van der Waals surface area contributed by atoms with E-state index in [2.05, 4.69) is 4.74 Å². The summed E-state index contributed by atoms with van der Waals surface area (Å²) >= 11 is 0. The number of methoxy groups -OCH3 is 1. The lowest BCUT2D eigenvalue weighted by Crippen LogP contribution is -2.16. The second kappa shape index (κ2) is 4.68. The predicted octanol–water partition coefficient (Wildman–Crippen LogP) is 3.19. The largest absolute Gasteiger partial charge is 0.496 e. The Kier molecular flexibility index (Phi) is 3.80. The van der Waals surface area contributed by atoms with E-state index in [0.29, 0.717) is 12.1 Å². The molecule has 0 amide bonds. The van der Waals surface area contributed by atoms with Gasteiger partial charge in [-0.2, -0.15) is 26.3 Å². The zero-order valence-corrected chi connectivity index (χ0v) is 9.12. The van der Waals surface area contributed by atoms with Crippen LogP contribution in [0.1, 0.15) is 16.7 Å². The predicted molar refractivity (Wildman–Crippen MR) is 50.9 cm³/mol. The summed E-state index contributed by atoms with van der Waals surface area (Å²) in [5, 5.41) is 0. The second-order valence-electron chi connectivity index (χ2n) is 3.41. The third-order valence-electron chi connectivity index (χ3n) is 2.26. The maximum absolute atomic E-state index is 12.6. The Morgan fingerprint density at radius 3 is 1.83 bits per heavy atom. The molecular weight excluding hydrogens is 264 g/mol. The van der Waals surface area contributed by atoms with Crippen LogP contribution < -0.4 is 10.5 Å². The number of hydrogen-bond acceptors (Lipinski definition) is 2. The Morgan fingerprint density at radius 1 is 1.00 bits per heavy atom. The van der Waals surface area contributed by atoms with Crippen LogP contribution in [0.2, 0.25) is 0 Å². The van der Waals surface area contributed by atoms with Gasteiger partial charge in [0.15, 0.2) is 0 Å². The summed E-state index contributed by atoms with van der Waals surface area (Å²) < 4.78 is 79.8. The molecule has 1 aromatic rings. The van der Waals surface area contributed by atoms with Crippen molar-refractivity contribution in [2.45, 2.75) is 18.9 Å². The Labute approximate surface area is 98.3 Å². The first kappa shape index (κ1) is 14.6. The van der Waals surface area contributed by atoms with Crippen molar-refractivity contribution in [2.75, 3.05) is 7.11 Å². The van der Waals surface area contributed by atoms with Crippen molar-refractivity contribution in [3.05, 3.63) is 28.8 Å². The van der Waals surface area contributed by atoms with E-state index in [0.717, 1.165) is 7.11 Å². The quantitative estimate of drug-likeness (QED) is 0.840. The van der Waals surface area contributed by atoms with Crippen LogP contribution >= 0.6 is 0 Å². The van der Waals surface area contributed by atoms with Gasteiger partial charge in [-0.1, -0.05) is 0 Å². The molecule has 8 heteroatoms. The van der Waals surface area contributed by atoms with Gasteiger partial charge in [0.25, 0.3) is 0 Å². The normalized spacial score (nSPS) is 12.7. The van der Waals surface area contributed by atoms with Gasteiger partial charge in [0.2, 0.25) is 0 Å². The molecule has 0 aliphatic rings. The summed E-state index contributed by atoms with van der Waals surface area (Å²) in [6.07, 6.45) is -9.59. The summed E-state index contributed by atoms with van der Waals surface area (Å²) in [5.74, 6) is -0.882. The van der Waals surface area contributed by atoms with Gasteiger partial charge in [0, 0.05) is 6.54 Å². The van der Waals surface area contributed by atoms with Crippen molar-refractivity contribution >= 4 is 0 Å². The van der Waals surface area contributed by atoms with Crippen LogP contribution in [0.5, 0.6) is 5.75 Å². The number of hydrogen-bond donors (Lipinski definition) is 1. The molecule has 102 valence electrons. The van der Waals surface area contributed by atoms with Crippen molar-refractivity contribution in [1.29, 1.82) is 0 Å². The minimum Gasteiger partial charge on any atom is -0.496 e. The highest BCUT2D eigenvalue weighted by atomic mass is 19.4. The first-order valence-corrected chi connectivity index (χ1v) is 4.66. The average Bonchev–Trinajstić information content (AvgIpc) is 2.24. The van der Waals surface area contributed by atoms with Crippen molar-refractivity contribution in [1.82, 2.24) is 0 Å². The standard InChI is InChI=1S/C10H9F6NO/c1-18-8-3-6(9(11,12)13)5(4-17)2-7(8)10(14,15)16/h2-3H,4,17H2,1H3. The Balaban J connectivity index is 3.52. The molecule has 0 aromatic heterocycles. The van der Waals surface area contributed by atoms with Crippen molar-refractivity contribution in [2.24, 2.45) is 5.73 Å². The Morgan fingerprint density at radius 2 is 1.50 bits per heavy atom. The second-order valence-corrected chi connectivity index (χ2v) is 3.41. The molecule has 2 N–H and O–H groups in total. The molecule has 0 saturated carbocycles. The summed E-state index contributed by atoms with van der Waals surface area (Å²) in [6.45, 7) is -0.651. The molecule has 0 bridgehead atoms. The highest BCUT2D eigenvalue weighted by molar-refractivity contribution is 5.45. The van der Waals surface area contributed by atoms with Gasteiger partial charge >= 0.3 is 12.4 Å². The van der Waals surface area contributed by atoms with Crippen LogP contribution in [0, 0.1) is 0 Å². The molecule has 0 spiro atoms. The number of halogens is 6. The number of benzene rings is 1. The lowest BCUT2D eigenvalue weighted by Gasteiger charge is -2.18. The molecule has 0 heterocycles. The molecule has 18 heavy (non-hydrogen) atoms. The third kappa shape index (κ3) is 2.87. The summed E-state index contributed by atoms with van der Waals surface area (Å²) in [5.41, 5.74) is 1.91. The van der Waals surface area contributed by atoms with Gasteiger partial charge in [-0.3, -0.25) is 0 Å². The molecule has 2 nitrogen and oxygen atoms in total.